The molecule has 0 unspecified atom stereocenters. The smallest absolute Gasteiger partial charge is 0.344 e. The fourth-order valence-electron chi connectivity index (χ4n) is 3.51. The number of carbonyl (C=O) groups is 2. The minimum absolute atomic E-state index is 0.101. The summed E-state index contributed by atoms with van der Waals surface area (Å²) in [4.78, 5) is 40.4. The Kier molecular flexibility index (Phi) is 6.34. The molecule has 1 atom stereocenters. The zero-order valence-corrected chi connectivity index (χ0v) is 18.5. The normalized spacial score (nSPS) is 13.5. The van der Waals surface area contributed by atoms with Gasteiger partial charge in [-0.05, 0) is 49.9 Å². The third kappa shape index (κ3) is 4.71. The van der Waals surface area contributed by atoms with Crippen LogP contribution in [0.2, 0.25) is 10.0 Å². The van der Waals surface area contributed by atoms with Crippen LogP contribution in [-0.2, 0) is 27.2 Å². The summed E-state index contributed by atoms with van der Waals surface area (Å²) in [6, 6.07) is 6.49. The number of carbonyl (C=O) groups excluding carboxylic acids is 2. The molecule has 1 aliphatic carbocycles. The van der Waals surface area contributed by atoms with Gasteiger partial charge in [-0.15, -0.1) is 0 Å². The van der Waals surface area contributed by atoms with E-state index < -0.39 is 24.6 Å². The Bertz CT molecular complexity index is 1270. The van der Waals surface area contributed by atoms with Gasteiger partial charge < -0.3 is 19.2 Å². The van der Waals surface area contributed by atoms with Crippen LogP contribution in [0.5, 0.6) is 5.75 Å². The second-order valence-corrected chi connectivity index (χ2v) is 8.10. The lowest BCUT2D eigenvalue weighted by Crippen LogP contribution is -2.32. The average Bonchev–Trinajstić information content (AvgIpc) is 3.25. The zero-order chi connectivity index (χ0) is 22.8. The van der Waals surface area contributed by atoms with E-state index in [0.717, 1.165) is 35.8 Å². The highest BCUT2D eigenvalue weighted by atomic mass is 35.5. The number of aromatic nitrogens is 1. The van der Waals surface area contributed by atoms with Gasteiger partial charge in [-0.1, -0.05) is 23.2 Å². The van der Waals surface area contributed by atoms with Crippen molar-refractivity contribution in [1.82, 2.24) is 4.98 Å². The third-order valence-corrected chi connectivity index (χ3v) is 5.52. The molecule has 0 aliphatic heterocycles. The van der Waals surface area contributed by atoms with Gasteiger partial charge in [0.25, 0.3) is 5.91 Å². The fourth-order valence-corrected chi connectivity index (χ4v) is 3.93. The quantitative estimate of drug-likeness (QED) is 0.423. The van der Waals surface area contributed by atoms with Crippen molar-refractivity contribution >= 4 is 51.9 Å². The largest absolute Gasteiger partial charge is 0.482 e. The van der Waals surface area contributed by atoms with Crippen molar-refractivity contribution in [1.29, 1.82) is 0 Å². The number of esters is 1. The van der Waals surface area contributed by atoms with Gasteiger partial charge >= 0.3 is 11.6 Å². The zero-order valence-electron chi connectivity index (χ0n) is 16.9. The number of anilines is 1. The predicted octanol–water partition coefficient (Wildman–Crippen LogP) is 3.93. The molecule has 0 fully saturated rings. The van der Waals surface area contributed by atoms with Crippen molar-refractivity contribution in [3.8, 4) is 5.75 Å². The summed E-state index contributed by atoms with van der Waals surface area (Å²) in [5.41, 5.74) is 1.81. The van der Waals surface area contributed by atoms with Gasteiger partial charge in [-0.25, -0.2) is 14.6 Å². The van der Waals surface area contributed by atoms with Gasteiger partial charge in [0.1, 0.15) is 11.3 Å². The molecule has 1 aliphatic rings. The van der Waals surface area contributed by atoms with E-state index in [1.54, 1.807) is 12.1 Å². The highest BCUT2D eigenvalue weighted by Gasteiger charge is 2.21. The fraction of sp³-hybridized carbons (Fsp3) is 0.273. The minimum Gasteiger partial charge on any atom is -0.482 e. The maximum Gasteiger partial charge on any atom is 0.344 e. The van der Waals surface area contributed by atoms with Crippen LogP contribution in [-0.4, -0.2) is 29.6 Å². The Morgan fingerprint density at radius 2 is 2.00 bits per heavy atom. The van der Waals surface area contributed by atoms with Gasteiger partial charge in [-0.2, -0.15) is 0 Å². The number of benzene rings is 1. The molecule has 166 valence electrons. The van der Waals surface area contributed by atoms with E-state index in [1.165, 1.54) is 19.2 Å². The van der Waals surface area contributed by atoms with E-state index >= 15 is 0 Å². The maximum absolute atomic E-state index is 12.2. The lowest BCUT2D eigenvalue weighted by molar-refractivity contribution is -0.155. The monoisotopic (exact) mass is 476 g/mol. The van der Waals surface area contributed by atoms with Crippen LogP contribution in [0.15, 0.2) is 39.7 Å². The molecule has 0 saturated carbocycles. The highest BCUT2D eigenvalue weighted by molar-refractivity contribution is 6.36. The molecule has 3 aromatic rings. The van der Waals surface area contributed by atoms with Crippen molar-refractivity contribution < 1.29 is 23.5 Å². The number of fused-ring (bicyclic) bond motifs is 3. The first kappa shape index (κ1) is 22.1. The van der Waals surface area contributed by atoms with E-state index in [0.29, 0.717) is 16.4 Å². The summed E-state index contributed by atoms with van der Waals surface area (Å²) in [5, 5.41) is 3.80. The lowest BCUT2D eigenvalue weighted by atomic mass is 10.1. The summed E-state index contributed by atoms with van der Waals surface area (Å²) in [7, 11) is 0. The molecular weight excluding hydrogens is 459 g/mol. The van der Waals surface area contributed by atoms with E-state index in [-0.39, 0.29) is 16.5 Å². The molecule has 2 aromatic heterocycles. The Labute approximate surface area is 192 Å². The van der Waals surface area contributed by atoms with Crippen LogP contribution in [0.4, 0.5) is 5.82 Å². The van der Waals surface area contributed by atoms with Gasteiger partial charge in [0, 0.05) is 23.2 Å². The van der Waals surface area contributed by atoms with Crippen LogP contribution in [0, 0.1) is 0 Å². The number of hydrogen-bond donors (Lipinski definition) is 1. The Morgan fingerprint density at radius 3 is 2.78 bits per heavy atom. The van der Waals surface area contributed by atoms with Crippen LogP contribution in [0.3, 0.4) is 0 Å². The number of amides is 1. The molecule has 1 aromatic carbocycles. The first-order valence-corrected chi connectivity index (χ1v) is 10.6. The predicted molar refractivity (Wildman–Crippen MR) is 118 cm³/mol. The maximum atomic E-state index is 12.2. The Balaban J connectivity index is 1.35. The first-order chi connectivity index (χ1) is 15.3. The van der Waals surface area contributed by atoms with Gasteiger partial charge in [-0.3, -0.25) is 4.79 Å². The van der Waals surface area contributed by atoms with Crippen molar-refractivity contribution in [3.63, 3.8) is 0 Å². The van der Waals surface area contributed by atoms with Crippen LogP contribution >= 0.6 is 23.2 Å². The van der Waals surface area contributed by atoms with Gasteiger partial charge in [0.05, 0.1) is 10.0 Å². The molecule has 8 nitrogen and oxygen atoms in total. The molecule has 32 heavy (non-hydrogen) atoms. The number of pyridine rings is 1. The van der Waals surface area contributed by atoms with E-state index in [1.807, 2.05) is 6.07 Å². The van der Waals surface area contributed by atoms with E-state index in [4.69, 9.17) is 37.1 Å². The number of aryl methyl sites for hydroxylation is 1. The molecular formula is C22H18Cl2N2O6. The summed E-state index contributed by atoms with van der Waals surface area (Å²) >= 11 is 11.7. The third-order valence-electron chi connectivity index (χ3n) is 5.03. The molecule has 2 heterocycles. The van der Waals surface area contributed by atoms with Crippen LogP contribution < -0.4 is 15.7 Å². The van der Waals surface area contributed by atoms with Crippen molar-refractivity contribution in [2.24, 2.45) is 0 Å². The summed E-state index contributed by atoms with van der Waals surface area (Å²) in [6.07, 6.45) is 2.70. The Hall–Kier alpha value is -3.10. The SMILES string of the molecule is C[C@@H](OC(=O)COc1ccc2c3c(c(=O)oc2c1)CCC3)C(=O)Nc1ncc(Cl)cc1Cl. The number of hydrogen-bond acceptors (Lipinski definition) is 7. The first-order valence-electron chi connectivity index (χ1n) is 9.84. The number of nitrogens with one attached hydrogen (secondary N) is 1. The lowest BCUT2D eigenvalue weighted by Gasteiger charge is -2.14. The highest BCUT2D eigenvalue weighted by Crippen LogP contribution is 2.29. The topological polar surface area (TPSA) is 108 Å². The second kappa shape index (κ2) is 9.18. The minimum atomic E-state index is -1.11. The molecule has 1 amide bonds. The van der Waals surface area contributed by atoms with Crippen molar-refractivity contribution in [3.05, 3.63) is 62.1 Å². The van der Waals surface area contributed by atoms with Crippen LogP contribution in [0.1, 0.15) is 24.5 Å². The molecule has 0 radical (unpaired) electrons. The summed E-state index contributed by atoms with van der Waals surface area (Å²) < 4.78 is 15.9. The standard InChI is InChI=1S/C22H18Cl2N2O6/c1-11(21(28)26-20-17(24)7-12(23)9-25-20)31-19(27)10-30-13-5-6-15-14-3-2-4-16(14)22(29)32-18(15)8-13/h5-9,11H,2-4,10H2,1H3,(H,25,26,28)/t11-/m1/s1. The summed E-state index contributed by atoms with van der Waals surface area (Å²) in [6.45, 7) is 0.973. The molecule has 10 heteroatoms. The molecule has 1 N–H and O–H groups in total. The molecule has 0 spiro atoms. The summed E-state index contributed by atoms with van der Waals surface area (Å²) in [5.74, 6) is -0.927. The number of rotatable bonds is 6. The Morgan fingerprint density at radius 1 is 1.22 bits per heavy atom. The number of halogens is 2. The molecule has 0 bridgehead atoms. The van der Waals surface area contributed by atoms with Gasteiger partial charge in [0.15, 0.2) is 18.5 Å². The van der Waals surface area contributed by atoms with Crippen molar-refractivity contribution in [2.45, 2.75) is 32.3 Å². The molecule has 4 rings (SSSR count). The average molecular weight is 477 g/mol. The van der Waals surface area contributed by atoms with E-state index in [9.17, 15) is 14.4 Å². The second-order valence-electron chi connectivity index (χ2n) is 7.25. The number of nitrogens with zero attached hydrogens (tertiary/aromatic N) is 1. The van der Waals surface area contributed by atoms with Gasteiger partial charge in [0.2, 0.25) is 0 Å². The van der Waals surface area contributed by atoms with Crippen molar-refractivity contribution in [2.75, 3.05) is 11.9 Å². The van der Waals surface area contributed by atoms with Crippen LogP contribution in [0.25, 0.3) is 11.0 Å². The number of ether oxygens (including phenoxy) is 2. The molecule has 0 saturated heterocycles. The van der Waals surface area contributed by atoms with E-state index in [2.05, 4.69) is 10.3 Å².